The molecule has 0 N–H and O–H groups in total. The third-order valence-electron chi connectivity index (χ3n) is 5.17. The number of hydrogen-bond acceptors (Lipinski definition) is 4. The molecule has 0 bridgehead atoms. The minimum atomic E-state index is -0.328. The Morgan fingerprint density at radius 3 is 2.20 bits per heavy atom. The highest BCUT2D eigenvalue weighted by Crippen LogP contribution is 2.49. The van der Waals surface area contributed by atoms with Gasteiger partial charge in [-0.25, -0.2) is 9.78 Å². The summed E-state index contributed by atoms with van der Waals surface area (Å²) < 4.78 is 4.75. The zero-order chi connectivity index (χ0) is 18.4. The monoisotopic (exact) mass is 355 g/mol. The highest BCUT2D eigenvalue weighted by atomic mass is 32.1. The fourth-order valence-electron chi connectivity index (χ4n) is 3.27. The van der Waals surface area contributed by atoms with Crippen LogP contribution in [0.2, 0.25) is 0 Å². The Balaban J connectivity index is 1.96. The van der Waals surface area contributed by atoms with Gasteiger partial charge in [-0.2, -0.15) is 0 Å². The summed E-state index contributed by atoms with van der Waals surface area (Å²) in [7, 11) is 1.39. The lowest BCUT2D eigenvalue weighted by Crippen LogP contribution is -2.32. The Labute approximate surface area is 153 Å². The molecule has 1 heterocycles. The summed E-state index contributed by atoms with van der Waals surface area (Å²) in [6.07, 6.45) is 2.32. The summed E-state index contributed by atoms with van der Waals surface area (Å²) in [5.41, 5.74) is 3.91. The third kappa shape index (κ3) is 3.15. The summed E-state index contributed by atoms with van der Waals surface area (Å²) in [6.45, 7) is 13.4. The fraction of sp³-hybridized carbons (Fsp3) is 0.429. The van der Waals surface area contributed by atoms with Crippen LogP contribution in [-0.2, 0) is 15.6 Å². The largest absolute Gasteiger partial charge is 0.465 e. The Hall–Kier alpha value is -1.94. The number of thiazole rings is 1. The molecule has 0 amide bonds. The van der Waals surface area contributed by atoms with E-state index in [1.165, 1.54) is 24.1 Å². The maximum absolute atomic E-state index is 11.6. The predicted molar refractivity (Wildman–Crippen MR) is 103 cm³/mol. The predicted octanol–water partition coefficient (Wildman–Crippen LogP) is 5.34. The molecule has 1 aliphatic carbocycles. The lowest BCUT2D eigenvalue weighted by Gasteiger charge is -2.37. The molecule has 2 aromatic rings. The van der Waals surface area contributed by atoms with Gasteiger partial charge in [-0.1, -0.05) is 46.4 Å². The van der Waals surface area contributed by atoms with Crippen LogP contribution in [-0.4, -0.2) is 18.1 Å². The van der Waals surface area contributed by atoms with Crippen molar-refractivity contribution in [1.82, 2.24) is 4.98 Å². The van der Waals surface area contributed by atoms with Crippen molar-refractivity contribution in [2.75, 3.05) is 7.11 Å². The maximum Gasteiger partial charge on any atom is 0.337 e. The van der Waals surface area contributed by atoms with Crippen molar-refractivity contribution >= 4 is 22.9 Å². The van der Waals surface area contributed by atoms with E-state index in [0.717, 1.165) is 22.6 Å². The number of hydrogen-bond donors (Lipinski definition) is 0. The van der Waals surface area contributed by atoms with E-state index in [4.69, 9.17) is 9.72 Å². The molecule has 1 aliphatic rings. The molecule has 132 valence electrons. The van der Waals surface area contributed by atoms with Crippen LogP contribution in [0.1, 0.15) is 72.0 Å². The Kier molecular flexibility index (Phi) is 4.36. The highest BCUT2D eigenvalue weighted by Gasteiger charge is 2.40. The first-order valence-electron chi connectivity index (χ1n) is 8.55. The van der Waals surface area contributed by atoms with Gasteiger partial charge in [0.15, 0.2) is 0 Å². The second kappa shape index (κ2) is 6.10. The van der Waals surface area contributed by atoms with Crippen LogP contribution in [0.25, 0.3) is 5.57 Å². The van der Waals surface area contributed by atoms with Gasteiger partial charge in [0.05, 0.1) is 18.4 Å². The molecule has 0 aliphatic heterocycles. The molecule has 3 rings (SSSR count). The summed E-state index contributed by atoms with van der Waals surface area (Å²) in [5.74, 6) is -0.328. The molecule has 1 aromatic carbocycles. The van der Waals surface area contributed by atoms with Crippen molar-refractivity contribution in [3.63, 3.8) is 0 Å². The van der Waals surface area contributed by atoms with E-state index >= 15 is 0 Å². The van der Waals surface area contributed by atoms with E-state index in [0.29, 0.717) is 5.56 Å². The molecule has 0 unspecified atom stereocenters. The Morgan fingerprint density at radius 2 is 1.64 bits per heavy atom. The molecule has 0 spiro atoms. The molecule has 25 heavy (non-hydrogen) atoms. The quantitative estimate of drug-likeness (QED) is 0.698. The third-order valence-corrected chi connectivity index (χ3v) is 6.65. The van der Waals surface area contributed by atoms with Gasteiger partial charge in [0, 0.05) is 21.3 Å². The number of esters is 1. The minimum absolute atomic E-state index is 0.106. The zero-order valence-electron chi connectivity index (χ0n) is 15.6. The molecule has 0 saturated carbocycles. The van der Waals surface area contributed by atoms with Crippen LogP contribution in [0.4, 0.5) is 0 Å². The number of carbonyl (C=O) groups is 1. The van der Waals surface area contributed by atoms with E-state index in [9.17, 15) is 4.79 Å². The number of rotatable bonds is 3. The Morgan fingerprint density at radius 1 is 1.08 bits per heavy atom. The summed E-state index contributed by atoms with van der Waals surface area (Å²) in [6, 6.07) is 7.36. The molecule has 0 saturated heterocycles. The van der Waals surface area contributed by atoms with Crippen LogP contribution >= 0.6 is 11.3 Å². The number of methoxy groups -OCH3 is 1. The first-order chi connectivity index (χ1) is 11.7. The number of fused-ring (bicyclic) bond motifs is 1. The van der Waals surface area contributed by atoms with E-state index in [-0.39, 0.29) is 16.8 Å². The van der Waals surface area contributed by atoms with Crippen molar-refractivity contribution in [1.29, 1.82) is 0 Å². The van der Waals surface area contributed by atoms with Crippen molar-refractivity contribution in [2.45, 2.75) is 51.4 Å². The molecule has 0 fully saturated rings. The van der Waals surface area contributed by atoms with Gasteiger partial charge in [-0.15, -0.1) is 11.3 Å². The van der Waals surface area contributed by atoms with Crippen LogP contribution in [0.5, 0.6) is 0 Å². The number of ether oxygens (including phenoxy) is 1. The molecule has 1 aromatic heterocycles. The van der Waals surface area contributed by atoms with Gasteiger partial charge < -0.3 is 4.74 Å². The zero-order valence-corrected chi connectivity index (χ0v) is 16.4. The first-order valence-corrected chi connectivity index (χ1v) is 9.37. The van der Waals surface area contributed by atoms with Crippen molar-refractivity contribution < 1.29 is 9.53 Å². The number of benzene rings is 1. The fourth-order valence-corrected chi connectivity index (χ4v) is 4.64. The summed E-state index contributed by atoms with van der Waals surface area (Å²) in [5, 5.41) is 0.971. The van der Waals surface area contributed by atoms with Gasteiger partial charge >= 0.3 is 5.97 Å². The molecule has 0 atom stereocenters. The van der Waals surface area contributed by atoms with Crippen LogP contribution < -0.4 is 0 Å². The van der Waals surface area contributed by atoms with Crippen LogP contribution in [0.3, 0.4) is 0 Å². The topological polar surface area (TPSA) is 39.2 Å². The van der Waals surface area contributed by atoms with Crippen molar-refractivity contribution in [3.05, 3.63) is 57.6 Å². The number of aromatic nitrogens is 1. The standard InChI is InChI=1S/C21H25NO2S/c1-13(14-7-9-15(10-8-14)19(23)24-6)18-22-16-17(25-18)21(4,5)12-11-20(16,2)3/h7-10H,1,11-12H2,2-6H3. The van der Waals surface area contributed by atoms with Gasteiger partial charge in [0.2, 0.25) is 0 Å². The van der Waals surface area contributed by atoms with E-state index in [1.54, 1.807) is 23.5 Å². The van der Waals surface area contributed by atoms with Gasteiger partial charge in [-0.05, 0) is 30.5 Å². The minimum Gasteiger partial charge on any atom is -0.465 e. The SMILES string of the molecule is C=C(c1ccc(C(=O)OC)cc1)c1nc2c(s1)C(C)(C)CCC2(C)C. The summed E-state index contributed by atoms with van der Waals surface area (Å²) in [4.78, 5) is 17.9. The maximum atomic E-state index is 11.6. The molecular formula is C21H25NO2S. The Bertz CT molecular complexity index is 795. The van der Waals surface area contributed by atoms with Crippen molar-refractivity contribution in [2.24, 2.45) is 0 Å². The van der Waals surface area contributed by atoms with Crippen LogP contribution in [0, 0.1) is 0 Å². The molecule has 3 nitrogen and oxygen atoms in total. The van der Waals surface area contributed by atoms with Gasteiger partial charge in [0.1, 0.15) is 5.01 Å². The molecular weight excluding hydrogens is 330 g/mol. The lowest BCUT2D eigenvalue weighted by atomic mass is 9.69. The normalized spacial score (nSPS) is 17.6. The smallest absolute Gasteiger partial charge is 0.337 e. The molecule has 0 radical (unpaired) electrons. The van der Waals surface area contributed by atoms with E-state index in [1.807, 2.05) is 12.1 Å². The highest BCUT2D eigenvalue weighted by molar-refractivity contribution is 7.13. The number of carbonyl (C=O) groups excluding carboxylic acids is 1. The van der Waals surface area contributed by atoms with Crippen LogP contribution in [0.15, 0.2) is 30.8 Å². The second-order valence-corrected chi connectivity index (χ2v) is 9.01. The van der Waals surface area contributed by atoms with E-state index in [2.05, 4.69) is 34.3 Å². The second-order valence-electron chi connectivity index (χ2n) is 8.01. The van der Waals surface area contributed by atoms with Crippen molar-refractivity contribution in [3.8, 4) is 0 Å². The molecule has 4 heteroatoms. The van der Waals surface area contributed by atoms with Gasteiger partial charge in [0.25, 0.3) is 0 Å². The lowest BCUT2D eigenvalue weighted by molar-refractivity contribution is 0.0600. The van der Waals surface area contributed by atoms with E-state index < -0.39 is 0 Å². The van der Waals surface area contributed by atoms with Gasteiger partial charge in [-0.3, -0.25) is 0 Å². The summed E-state index contributed by atoms with van der Waals surface area (Å²) >= 11 is 1.76. The average molecular weight is 356 g/mol. The number of nitrogens with zero attached hydrogens (tertiary/aromatic N) is 1. The average Bonchev–Trinajstić information content (AvgIpc) is 3.06. The first kappa shape index (κ1) is 17.9.